The summed E-state index contributed by atoms with van der Waals surface area (Å²) in [5.41, 5.74) is 11.5. The van der Waals surface area contributed by atoms with Crippen LogP contribution in [0.4, 0.5) is 0 Å². The first kappa shape index (κ1) is 19.4. The van der Waals surface area contributed by atoms with E-state index < -0.39 is 0 Å². The SMILES string of the molecule is C[C@@H](N)CCCC[C@@H]1CCCCC(N)=N1.Cl.Cl. The van der Waals surface area contributed by atoms with Crippen LogP contribution in [0.1, 0.15) is 58.3 Å². The first-order chi connectivity index (χ1) is 7.18. The van der Waals surface area contributed by atoms with Crippen LogP contribution in [-0.4, -0.2) is 17.9 Å². The molecule has 0 aliphatic carbocycles. The lowest BCUT2D eigenvalue weighted by molar-refractivity contribution is 0.502. The summed E-state index contributed by atoms with van der Waals surface area (Å²) >= 11 is 0. The molecule has 5 heteroatoms. The first-order valence-corrected chi connectivity index (χ1v) is 6.26. The highest BCUT2D eigenvalue weighted by molar-refractivity contribution is 5.85. The normalized spacial score (nSPS) is 21.5. The van der Waals surface area contributed by atoms with E-state index in [1.807, 2.05) is 0 Å². The lowest BCUT2D eigenvalue weighted by Gasteiger charge is -2.11. The summed E-state index contributed by atoms with van der Waals surface area (Å²) in [6.07, 6.45) is 9.49. The molecule has 0 fully saturated rings. The number of halogens is 2. The maximum absolute atomic E-state index is 5.81. The molecule has 17 heavy (non-hydrogen) atoms. The number of hydrogen-bond acceptors (Lipinski definition) is 3. The Hall–Kier alpha value is 0.01000. The zero-order valence-electron chi connectivity index (χ0n) is 10.7. The molecule has 0 unspecified atom stereocenters. The Bertz CT molecular complexity index is 208. The number of hydrogen-bond donors (Lipinski definition) is 2. The molecule has 1 aliphatic rings. The van der Waals surface area contributed by atoms with Crippen LogP contribution in [0, 0.1) is 0 Å². The van der Waals surface area contributed by atoms with Gasteiger partial charge in [-0.3, -0.25) is 4.99 Å². The van der Waals surface area contributed by atoms with Crippen molar-refractivity contribution >= 4 is 30.6 Å². The quantitative estimate of drug-likeness (QED) is 0.762. The van der Waals surface area contributed by atoms with E-state index in [-0.39, 0.29) is 24.8 Å². The van der Waals surface area contributed by atoms with Gasteiger partial charge in [-0.15, -0.1) is 24.8 Å². The van der Waals surface area contributed by atoms with Crippen molar-refractivity contribution < 1.29 is 0 Å². The average Bonchev–Trinajstić information content (AvgIpc) is 2.37. The number of amidine groups is 1. The van der Waals surface area contributed by atoms with Gasteiger partial charge >= 0.3 is 0 Å². The minimum absolute atomic E-state index is 0. The van der Waals surface area contributed by atoms with E-state index in [2.05, 4.69) is 11.9 Å². The summed E-state index contributed by atoms with van der Waals surface area (Å²) in [4.78, 5) is 4.56. The Balaban J connectivity index is 0. The predicted molar refractivity (Wildman–Crippen MR) is 80.5 cm³/mol. The highest BCUT2D eigenvalue weighted by Crippen LogP contribution is 2.17. The van der Waals surface area contributed by atoms with E-state index in [9.17, 15) is 0 Å². The van der Waals surface area contributed by atoms with E-state index in [1.165, 1.54) is 38.5 Å². The molecule has 0 aromatic carbocycles. The third-order valence-electron chi connectivity index (χ3n) is 3.02. The summed E-state index contributed by atoms with van der Waals surface area (Å²) in [5.74, 6) is 0.865. The minimum atomic E-state index is 0. The van der Waals surface area contributed by atoms with E-state index >= 15 is 0 Å². The van der Waals surface area contributed by atoms with E-state index in [0.717, 1.165) is 18.7 Å². The second kappa shape index (κ2) is 11.1. The van der Waals surface area contributed by atoms with Crippen molar-refractivity contribution in [2.45, 2.75) is 70.4 Å². The number of nitrogens with two attached hydrogens (primary N) is 2. The molecule has 0 radical (unpaired) electrons. The molecule has 0 spiro atoms. The van der Waals surface area contributed by atoms with Crippen molar-refractivity contribution in [1.82, 2.24) is 0 Å². The molecule has 0 saturated heterocycles. The molecule has 4 N–H and O–H groups in total. The van der Waals surface area contributed by atoms with Crippen LogP contribution in [0.3, 0.4) is 0 Å². The zero-order valence-corrected chi connectivity index (χ0v) is 12.4. The van der Waals surface area contributed by atoms with Gasteiger partial charge in [0.05, 0.1) is 11.9 Å². The summed E-state index contributed by atoms with van der Waals surface area (Å²) in [6, 6.07) is 0.827. The maximum atomic E-state index is 5.81. The third-order valence-corrected chi connectivity index (χ3v) is 3.02. The Labute approximate surface area is 118 Å². The van der Waals surface area contributed by atoms with Gasteiger partial charge in [-0.05, 0) is 32.6 Å². The van der Waals surface area contributed by atoms with Gasteiger partial charge in [0.15, 0.2) is 0 Å². The maximum Gasteiger partial charge on any atom is 0.0940 e. The molecule has 1 aliphatic heterocycles. The van der Waals surface area contributed by atoms with Crippen molar-refractivity contribution in [3.8, 4) is 0 Å². The summed E-state index contributed by atoms with van der Waals surface area (Å²) in [5, 5.41) is 0. The van der Waals surface area contributed by atoms with Gasteiger partial charge in [0.25, 0.3) is 0 Å². The monoisotopic (exact) mass is 283 g/mol. The minimum Gasteiger partial charge on any atom is -0.387 e. The Morgan fingerprint density at radius 2 is 2.00 bits per heavy atom. The molecule has 0 aromatic rings. The van der Waals surface area contributed by atoms with E-state index in [4.69, 9.17) is 11.5 Å². The van der Waals surface area contributed by atoms with Crippen LogP contribution >= 0.6 is 24.8 Å². The highest BCUT2D eigenvalue weighted by Gasteiger charge is 2.11. The number of rotatable bonds is 5. The number of nitrogens with zero attached hydrogens (tertiary/aromatic N) is 1. The molecule has 0 bridgehead atoms. The molecular formula is C12H27Cl2N3. The molecule has 1 rings (SSSR count). The molecule has 3 nitrogen and oxygen atoms in total. The van der Waals surface area contributed by atoms with Crippen LogP contribution in [0.2, 0.25) is 0 Å². The number of aliphatic imine (C=N–C) groups is 1. The zero-order chi connectivity index (χ0) is 11.1. The van der Waals surface area contributed by atoms with Crippen LogP contribution < -0.4 is 11.5 Å². The average molecular weight is 284 g/mol. The third kappa shape index (κ3) is 9.69. The van der Waals surface area contributed by atoms with Crippen LogP contribution in [0.15, 0.2) is 4.99 Å². The smallest absolute Gasteiger partial charge is 0.0940 e. The van der Waals surface area contributed by atoms with Crippen LogP contribution in [0.25, 0.3) is 0 Å². The van der Waals surface area contributed by atoms with Crippen molar-refractivity contribution in [1.29, 1.82) is 0 Å². The fourth-order valence-electron chi connectivity index (χ4n) is 2.10. The molecule has 0 amide bonds. The summed E-state index contributed by atoms with van der Waals surface area (Å²) in [7, 11) is 0. The van der Waals surface area contributed by atoms with Gasteiger partial charge in [-0.1, -0.05) is 19.3 Å². The summed E-state index contributed by atoms with van der Waals surface area (Å²) < 4.78 is 0. The fraction of sp³-hybridized carbons (Fsp3) is 0.917. The summed E-state index contributed by atoms with van der Waals surface area (Å²) in [6.45, 7) is 2.07. The molecule has 0 aromatic heterocycles. The van der Waals surface area contributed by atoms with Crippen molar-refractivity contribution in [2.24, 2.45) is 16.5 Å². The van der Waals surface area contributed by atoms with Gasteiger partial charge in [0.1, 0.15) is 0 Å². The molecular weight excluding hydrogens is 257 g/mol. The van der Waals surface area contributed by atoms with Gasteiger partial charge in [0, 0.05) is 12.5 Å². The fourth-order valence-corrected chi connectivity index (χ4v) is 2.10. The van der Waals surface area contributed by atoms with Gasteiger partial charge in [-0.25, -0.2) is 0 Å². The Kier molecular flexibility index (Phi) is 12.7. The van der Waals surface area contributed by atoms with Crippen LogP contribution in [-0.2, 0) is 0 Å². The van der Waals surface area contributed by atoms with Gasteiger partial charge in [-0.2, -0.15) is 0 Å². The van der Waals surface area contributed by atoms with Crippen molar-refractivity contribution in [2.75, 3.05) is 0 Å². The Morgan fingerprint density at radius 1 is 1.29 bits per heavy atom. The second-order valence-corrected chi connectivity index (χ2v) is 4.78. The van der Waals surface area contributed by atoms with E-state index in [0.29, 0.717) is 12.1 Å². The van der Waals surface area contributed by atoms with E-state index in [1.54, 1.807) is 0 Å². The van der Waals surface area contributed by atoms with Crippen molar-refractivity contribution in [3.63, 3.8) is 0 Å². The standard InChI is InChI=1S/C12H25N3.2ClH/c1-10(13)6-2-3-7-11-8-4-5-9-12(14)15-11;;/h10-11H,2-9,13H2,1H3,(H2,14,15);2*1H/t10-,11-;;/m1../s1. The van der Waals surface area contributed by atoms with Gasteiger partial charge in [0.2, 0.25) is 0 Å². The molecule has 1 heterocycles. The predicted octanol–water partition coefficient (Wildman–Crippen LogP) is 3.04. The van der Waals surface area contributed by atoms with Gasteiger partial charge < -0.3 is 11.5 Å². The molecule has 104 valence electrons. The number of unbranched alkanes of at least 4 members (excludes halogenated alkanes) is 1. The second-order valence-electron chi connectivity index (χ2n) is 4.78. The lowest BCUT2D eigenvalue weighted by atomic mass is 10.0. The largest absolute Gasteiger partial charge is 0.387 e. The van der Waals surface area contributed by atoms with Crippen LogP contribution in [0.5, 0.6) is 0 Å². The molecule has 0 saturated carbocycles. The first-order valence-electron chi connectivity index (χ1n) is 6.26. The topological polar surface area (TPSA) is 64.4 Å². The Morgan fingerprint density at radius 3 is 2.65 bits per heavy atom. The lowest BCUT2D eigenvalue weighted by Crippen LogP contribution is -2.15. The highest BCUT2D eigenvalue weighted by atomic mass is 35.5. The molecule has 2 atom stereocenters. The van der Waals surface area contributed by atoms with Crippen molar-refractivity contribution in [3.05, 3.63) is 0 Å².